The average Bonchev–Trinajstić information content (AvgIpc) is 2.08. The molecule has 0 rings (SSSR count). The summed E-state index contributed by atoms with van der Waals surface area (Å²) in [6, 6.07) is 0. The predicted molar refractivity (Wildman–Crippen MR) is 43.5 cm³/mol. The van der Waals surface area contributed by atoms with E-state index in [0.29, 0.717) is 0 Å². The molecule has 0 aromatic rings. The molecule has 0 bridgehead atoms. The summed E-state index contributed by atoms with van der Waals surface area (Å²) in [6.45, 7) is 1.11. The Bertz CT molecular complexity index is 242. The first-order chi connectivity index (χ1) is 6.98. The third-order valence-electron chi connectivity index (χ3n) is 2.12. The lowest BCUT2D eigenvalue weighted by atomic mass is 9.87. The molecule has 8 heteroatoms. The van der Waals surface area contributed by atoms with Gasteiger partial charge in [-0.2, -0.15) is 26.3 Å². The van der Waals surface area contributed by atoms with E-state index in [1.807, 2.05) is 0 Å². The van der Waals surface area contributed by atoms with Crippen LogP contribution in [0.15, 0.2) is 0 Å². The number of carbonyl (C=O) groups excluding carboxylic acids is 1. The summed E-state index contributed by atoms with van der Waals surface area (Å²) in [5.41, 5.74) is -4.37. The highest BCUT2D eigenvalue weighted by atomic mass is 19.4. The van der Waals surface area contributed by atoms with Crippen LogP contribution in [-0.2, 0) is 4.79 Å². The van der Waals surface area contributed by atoms with E-state index in [4.69, 9.17) is 0 Å². The Balaban J connectivity index is 5.19. The van der Waals surface area contributed by atoms with Gasteiger partial charge in [0.1, 0.15) is 0 Å². The topological polar surface area (TPSA) is 29.1 Å². The Morgan fingerprint density at radius 1 is 1.06 bits per heavy atom. The third-order valence-corrected chi connectivity index (χ3v) is 2.12. The van der Waals surface area contributed by atoms with Gasteiger partial charge < -0.3 is 5.32 Å². The maximum atomic E-state index is 12.3. The van der Waals surface area contributed by atoms with Gasteiger partial charge in [0.2, 0.25) is 11.3 Å². The first kappa shape index (κ1) is 15.0. The zero-order valence-corrected chi connectivity index (χ0v) is 8.59. The van der Waals surface area contributed by atoms with Crippen LogP contribution in [0.3, 0.4) is 0 Å². The van der Waals surface area contributed by atoms with Crippen molar-refractivity contribution >= 4 is 5.91 Å². The molecule has 16 heavy (non-hydrogen) atoms. The summed E-state index contributed by atoms with van der Waals surface area (Å²) in [4.78, 5) is 11.0. The minimum Gasteiger partial charge on any atom is -0.355 e. The third kappa shape index (κ3) is 2.59. The van der Waals surface area contributed by atoms with Crippen molar-refractivity contribution in [2.24, 2.45) is 5.41 Å². The monoisotopic (exact) mass is 251 g/mol. The van der Waals surface area contributed by atoms with Crippen LogP contribution in [0.4, 0.5) is 26.3 Å². The molecule has 0 radical (unpaired) electrons. The first-order valence-corrected chi connectivity index (χ1v) is 4.40. The van der Waals surface area contributed by atoms with Crippen LogP contribution in [0.2, 0.25) is 0 Å². The maximum absolute atomic E-state index is 12.3. The molecule has 0 aromatic carbocycles. The van der Waals surface area contributed by atoms with E-state index in [0.717, 1.165) is 0 Å². The Kier molecular flexibility index (Phi) is 4.24. The van der Waals surface area contributed by atoms with Gasteiger partial charge in [-0.05, 0) is 13.3 Å². The number of hydrogen-bond acceptors (Lipinski definition) is 1. The summed E-state index contributed by atoms with van der Waals surface area (Å²) in [5.74, 6) is -2.07. The molecule has 0 unspecified atom stereocenters. The second-order valence-electron chi connectivity index (χ2n) is 3.38. The molecule has 0 atom stereocenters. The van der Waals surface area contributed by atoms with Crippen molar-refractivity contribution in [2.75, 3.05) is 6.54 Å². The van der Waals surface area contributed by atoms with Crippen molar-refractivity contribution in [3.63, 3.8) is 0 Å². The molecule has 0 saturated heterocycles. The summed E-state index contributed by atoms with van der Waals surface area (Å²) < 4.78 is 73.8. The molecule has 1 amide bonds. The molecule has 0 heterocycles. The molecular formula is C8H11F6NO. The molecule has 0 aliphatic carbocycles. The molecular weight excluding hydrogens is 240 g/mol. The number of nitrogens with one attached hydrogen (secondary N) is 1. The van der Waals surface area contributed by atoms with E-state index in [1.54, 1.807) is 5.32 Å². The number of hydrogen-bond donors (Lipinski definition) is 1. The van der Waals surface area contributed by atoms with E-state index in [2.05, 4.69) is 0 Å². The lowest BCUT2D eigenvalue weighted by molar-refractivity contribution is -0.319. The Morgan fingerprint density at radius 3 is 1.69 bits per heavy atom. The normalized spacial score (nSPS) is 13.8. The van der Waals surface area contributed by atoms with Gasteiger partial charge in [-0.3, -0.25) is 4.79 Å². The molecule has 96 valence electrons. The van der Waals surface area contributed by atoms with Crippen LogP contribution in [0.1, 0.15) is 20.3 Å². The zero-order valence-electron chi connectivity index (χ0n) is 8.59. The minimum absolute atomic E-state index is 0.169. The van der Waals surface area contributed by atoms with Crippen LogP contribution in [0.5, 0.6) is 0 Å². The maximum Gasteiger partial charge on any atom is 0.411 e. The average molecular weight is 251 g/mol. The lowest BCUT2D eigenvalue weighted by Crippen LogP contribution is -2.57. The largest absolute Gasteiger partial charge is 0.411 e. The van der Waals surface area contributed by atoms with Gasteiger partial charge in [0.15, 0.2) is 0 Å². The van der Waals surface area contributed by atoms with Crippen molar-refractivity contribution < 1.29 is 31.1 Å². The number of rotatable bonds is 3. The van der Waals surface area contributed by atoms with Crippen molar-refractivity contribution in [3.05, 3.63) is 0 Å². The van der Waals surface area contributed by atoms with Crippen molar-refractivity contribution in [1.29, 1.82) is 0 Å². The standard InChI is InChI=1S/C8H11F6NO/c1-3-4-15-5(16)6(2,7(9,10)11)8(12,13)14/h3-4H2,1-2H3,(H,15,16). The second kappa shape index (κ2) is 4.50. The van der Waals surface area contributed by atoms with Gasteiger partial charge >= 0.3 is 12.4 Å². The van der Waals surface area contributed by atoms with Crippen LogP contribution in [0, 0.1) is 5.41 Å². The van der Waals surface area contributed by atoms with Crippen molar-refractivity contribution in [3.8, 4) is 0 Å². The zero-order chi connectivity index (χ0) is 13.2. The quantitative estimate of drug-likeness (QED) is 0.767. The van der Waals surface area contributed by atoms with E-state index >= 15 is 0 Å². The minimum atomic E-state index is -5.68. The van der Waals surface area contributed by atoms with Crippen LogP contribution in [0.25, 0.3) is 0 Å². The van der Waals surface area contributed by atoms with Crippen LogP contribution < -0.4 is 5.32 Å². The van der Waals surface area contributed by atoms with E-state index in [9.17, 15) is 31.1 Å². The van der Waals surface area contributed by atoms with Crippen molar-refractivity contribution in [1.82, 2.24) is 5.32 Å². The molecule has 0 fully saturated rings. The number of amides is 1. The summed E-state index contributed by atoms with van der Waals surface area (Å²) in [6.07, 6.45) is -11.1. The molecule has 0 aliphatic rings. The molecule has 2 nitrogen and oxygen atoms in total. The fourth-order valence-corrected chi connectivity index (χ4v) is 0.833. The van der Waals surface area contributed by atoms with Gasteiger partial charge in [-0.25, -0.2) is 0 Å². The molecule has 0 aromatic heterocycles. The van der Waals surface area contributed by atoms with Gasteiger partial charge in [0, 0.05) is 6.54 Å². The predicted octanol–water partition coefficient (Wildman–Crippen LogP) is 2.64. The van der Waals surface area contributed by atoms with Gasteiger partial charge in [-0.15, -0.1) is 0 Å². The SMILES string of the molecule is CCCNC(=O)C(C)(C(F)(F)F)C(F)(F)F. The van der Waals surface area contributed by atoms with Gasteiger partial charge in [0.05, 0.1) is 0 Å². The second-order valence-corrected chi connectivity index (χ2v) is 3.38. The van der Waals surface area contributed by atoms with Gasteiger partial charge in [-0.1, -0.05) is 6.92 Å². The van der Waals surface area contributed by atoms with Crippen LogP contribution >= 0.6 is 0 Å². The fraction of sp³-hybridized carbons (Fsp3) is 0.875. The highest BCUT2D eigenvalue weighted by Gasteiger charge is 2.72. The summed E-state index contributed by atoms with van der Waals surface area (Å²) in [7, 11) is 0. The number of alkyl halides is 6. The molecule has 0 saturated carbocycles. The molecule has 1 N–H and O–H groups in total. The highest BCUT2D eigenvalue weighted by molar-refractivity contribution is 5.84. The van der Waals surface area contributed by atoms with Gasteiger partial charge in [0.25, 0.3) is 0 Å². The summed E-state index contributed by atoms with van der Waals surface area (Å²) >= 11 is 0. The lowest BCUT2D eigenvalue weighted by Gasteiger charge is -2.32. The summed E-state index contributed by atoms with van der Waals surface area (Å²) in [5, 5.41) is 1.61. The highest BCUT2D eigenvalue weighted by Crippen LogP contribution is 2.50. The number of carbonyl (C=O) groups is 1. The Labute approximate surface area is 88.0 Å². The first-order valence-electron chi connectivity index (χ1n) is 4.40. The van der Waals surface area contributed by atoms with E-state index < -0.39 is 23.7 Å². The Morgan fingerprint density at radius 2 is 1.44 bits per heavy atom. The van der Waals surface area contributed by atoms with Crippen molar-refractivity contribution in [2.45, 2.75) is 32.6 Å². The fourth-order valence-electron chi connectivity index (χ4n) is 0.833. The smallest absolute Gasteiger partial charge is 0.355 e. The van der Waals surface area contributed by atoms with E-state index in [1.165, 1.54) is 6.92 Å². The van der Waals surface area contributed by atoms with E-state index in [-0.39, 0.29) is 19.9 Å². The van der Waals surface area contributed by atoms with Crippen LogP contribution in [-0.4, -0.2) is 24.8 Å². The molecule has 0 spiro atoms. The Hall–Kier alpha value is -0.950. The number of halogens is 6. The molecule has 0 aliphatic heterocycles.